The molecule has 0 radical (unpaired) electrons. The maximum atomic E-state index is 10.4. The average molecular weight is 486 g/mol. The summed E-state index contributed by atoms with van der Waals surface area (Å²) in [7, 11) is 0. The van der Waals surface area contributed by atoms with Crippen LogP contribution in [-0.2, 0) is 0 Å². The summed E-state index contributed by atoms with van der Waals surface area (Å²) in [6, 6.07) is 32.4. The number of benzene rings is 4. The minimum atomic E-state index is -0.507. The van der Waals surface area contributed by atoms with Crippen LogP contribution in [0.2, 0.25) is 0 Å². The maximum absolute atomic E-state index is 10.4. The smallest absolute Gasteiger partial charge is 0.119 e. The van der Waals surface area contributed by atoms with Crippen LogP contribution in [0.25, 0.3) is 10.8 Å². The van der Waals surface area contributed by atoms with Crippen molar-refractivity contribution in [2.24, 2.45) is 0 Å². The molecular weight excluding hydrogens is 450 g/mol. The lowest BCUT2D eigenvalue weighted by molar-refractivity contribution is 0.0716. The molecular formula is C31H35NO2S. The highest BCUT2D eigenvalue weighted by atomic mass is 32.2. The number of fused-ring (bicyclic) bond motifs is 1. The molecule has 0 spiro atoms. The Morgan fingerprint density at radius 3 is 2.09 bits per heavy atom. The van der Waals surface area contributed by atoms with E-state index < -0.39 is 6.10 Å². The summed E-state index contributed by atoms with van der Waals surface area (Å²) in [5.41, 5.74) is 3.78. The Hall–Kier alpha value is -2.79. The second-order valence-corrected chi connectivity index (χ2v) is 9.67. The third-order valence-electron chi connectivity index (χ3n) is 6.60. The molecule has 0 bridgehead atoms. The number of rotatable bonds is 11. The summed E-state index contributed by atoms with van der Waals surface area (Å²) in [6.45, 7) is 6.98. The van der Waals surface area contributed by atoms with E-state index >= 15 is 0 Å². The van der Waals surface area contributed by atoms with E-state index in [1.54, 1.807) is 11.8 Å². The normalized spacial score (nSPS) is 13.2. The van der Waals surface area contributed by atoms with Crippen molar-refractivity contribution in [3.05, 3.63) is 108 Å². The summed E-state index contributed by atoms with van der Waals surface area (Å²) in [6.07, 6.45) is 1.60. The molecule has 2 unspecified atom stereocenters. The van der Waals surface area contributed by atoms with E-state index in [0.717, 1.165) is 18.8 Å². The molecule has 0 aliphatic heterocycles. The first-order chi connectivity index (χ1) is 17.1. The van der Waals surface area contributed by atoms with Gasteiger partial charge in [0.05, 0.1) is 0 Å². The summed E-state index contributed by atoms with van der Waals surface area (Å²) >= 11 is 1.76. The van der Waals surface area contributed by atoms with Crippen LogP contribution in [0.15, 0.2) is 95.9 Å². The predicted octanol–water partition coefficient (Wildman–Crippen LogP) is 6.82. The predicted molar refractivity (Wildman–Crippen MR) is 149 cm³/mol. The molecule has 2 atom stereocenters. The zero-order valence-electron chi connectivity index (χ0n) is 20.9. The number of thioether (sulfide) groups is 1. The number of likely N-dealkylation sites (N-methyl/N-ethyl adjacent to an activating group) is 1. The molecule has 3 nitrogen and oxygen atoms in total. The standard InChI is InChI=1S/C31H35NO2S/c1-4-32(5-2)21-26(33)22-34-27-17-13-24(14-18-27)31(25-15-19-28(35-3)20-16-25)30-12-8-10-23-9-6-7-11-29(23)30/h6-20,26,31,33H,4-5,21-22H2,1-3H3. The van der Waals surface area contributed by atoms with Crippen molar-refractivity contribution in [2.75, 3.05) is 32.5 Å². The Labute approximate surface area is 213 Å². The van der Waals surface area contributed by atoms with Gasteiger partial charge in [0, 0.05) is 17.4 Å². The van der Waals surface area contributed by atoms with Crippen molar-refractivity contribution in [3.8, 4) is 5.75 Å². The van der Waals surface area contributed by atoms with Crippen molar-refractivity contribution < 1.29 is 9.84 Å². The average Bonchev–Trinajstić information content (AvgIpc) is 2.92. The first-order valence-electron chi connectivity index (χ1n) is 12.4. The van der Waals surface area contributed by atoms with Gasteiger partial charge in [-0.1, -0.05) is 80.6 Å². The molecule has 182 valence electrons. The van der Waals surface area contributed by atoms with Crippen LogP contribution >= 0.6 is 11.8 Å². The van der Waals surface area contributed by atoms with Crippen LogP contribution in [0.5, 0.6) is 5.75 Å². The molecule has 0 aliphatic rings. The molecule has 4 heteroatoms. The fourth-order valence-corrected chi connectivity index (χ4v) is 5.04. The van der Waals surface area contributed by atoms with Crippen LogP contribution < -0.4 is 4.74 Å². The van der Waals surface area contributed by atoms with Gasteiger partial charge in [0.2, 0.25) is 0 Å². The van der Waals surface area contributed by atoms with E-state index in [-0.39, 0.29) is 5.92 Å². The number of aliphatic hydroxyl groups excluding tert-OH is 1. The SMILES string of the molecule is CCN(CC)CC(O)COc1ccc(C(c2ccc(SC)cc2)c2cccc3ccccc23)cc1. The van der Waals surface area contributed by atoms with Gasteiger partial charge < -0.3 is 14.7 Å². The van der Waals surface area contributed by atoms with E-state index in [0.29, 0.717) is 13.2 Å². The lowest BCUT2D eigenvalue weighted by Gasteiger charge is -2.23. The zero-order chi connectivity index (χ0) is 24.6. The van der Waals surface area contributed by atoms with Gasteiger partial charge in [-0.2, -0.15) is 0 Å². The molecule has 4 aromatic rings. The van der Waals surface area contributed by atoms with E-state index in [2.05, 4.69) is 104 Å². The number of ether oxygens (including phenoxy) is 1. The van der Waals surface area contributed by atoms with Crippen LogP contribution in [-0.4, -0.2) is 48.6 Å². The highest BCUT2D eigenvalue weighted by Crippen LogP contribution is 2.37. The summed E-state index contributed by atoms with van der Waals surface area (Å²) in [5.74, 6) is 0.890. The zero-order valence-corrected chi connectivity index (χ0v) is 21.7. The molecule has 0 fully saturated rings. The van der Waals surface area contributed by atoms with E-state index in [4.69, 9.17) is 4.74 Å². The van der Waals surface area contributed by atoms with Crippen molar-refractivity contribution in [1.29, 1.82) is 0 Å². The lowest BCUT2D eigenvalue weighted by atomic mass is 9.83. The summed E-state index contributed by atoms with van der Waals surface area (Å²) in [4.78, 5) is 3.46. The Balaban J connectivity index is 1.61. The molecule has 0 saturated heterocycles. The van der Waals surface area contributed by atoms with Crippen LogP contribution in [0.3, 0.4) is 0 Å². The third-order valence-corrected chi connectivity index (χ3v) is 7.35. The topological polar surface area (TPSA) is 32.7 Å². The largest absolute Gasteiger partial charge is 0.491 e. The molecule has 0 aliphatic carbocycles. The van der Waals surface area contributed by atoms with Crippen LogP contribution in [0, 0.1) is 0 Å². The second-order valence-electron chi connectivity index (χ2n) is 8.79. The third kappa shape index (κ3) is 6.26. The van der Waals surface area contributed by atoms with Gasteiger partial charge in [-0.25, -0.2) is 0 Å². The van der Waals surface area contributed by atoms with E-state index in [9.17, 15) is 5.11 Å². The van der Waals surface area contributed by atoms with E-state index in [1.807, 2.05) is 12.1 Å². The molecule has 0 heterocycles. The Kier molecular flexibility index (Phi) is 8.86. The monoisotopic (exact) mass is 485 g/mol. The highest BCUT2D eigenvalue weighted by molar-refractivity contribution is 7.98. The quantitative estimate of drug-likeness (QED) is 0.187. The Morgan fingerprint density at radius 1 is 0.800 bits per heavy atom. The fourth-order valence-electron chi connectivity index (χ4n) is 4.63. The fraction of sp³-hybridized carbons (Fsp3) is 0.290. The van der Waals surface area contributed by atoms with Gasteiger partial charge in [0.1, 0.15) is 18.5 Å². The lowest BCUT2D eigenvalue weighted by Crippen LogP contribution is -2.35. The van der Waals surface area contributed by atoms with Gasteiger partial charge >= 0.3 is 0 Å². The minimum absolute atomic E-state index is 0.110. The van der Waals surface area contributed by atoms with Crippen molar-refractivity contribution >= 4 is 22.5 Å². The molecule has 35 heavy (non-hydrogen) atoms. The maximum Gasteiger partial charge on any atom is 0.119 e. The van der Waals surface area contributed by atoms with Gasteiger partial charge in [-0.3, -0.25) is 0 Å². The molecule has 1 N–H and O–H groups in total. The highest BCUT2D eigenvalue weighted by Gasteiger charge is 2.19. The van der Waals surface area contributed by atoms with Crippen LogP contribution in [0.1, 0.15) is 36.5 Å². The van der Waals surface area contributed by atoms with Crippen molar-refractivity contribution in [2.45, 2.75) is 30.8 Å². The van der Waals surface area contributed by atoms with Gasteiger partial charge in [0.15, 0.2) is 0 Å². The number of hydrogen-bond acceptors (Lipinski definition) is 4. The van der Waals surface area contributed by atoms with Crippen molar-refractivity contribution in [3.63, 3.8) is 0 Å². The number of nitrogens with zero attached hydrogens (tertiary/aromatic N) is 1. The van der Waals surface area contributed by atoms with Gasteiger partial charge in [0.25, 0.3) is 0 Å². The van der Waals surface area contributed by atoms with E-state index in [1.165, 1.54) is 32.4 Å². The first-order valence-corrected chi connectivity index (χ1v) is 13.6. The van der Waals surface area contributed by atoms with Gasteiger partial charge in [-0.05, 0) is 71.1 Å². The Bertz CT molecular complexity index is 1200. The second kappa shape index (κ2) is 12.3. The molecule has 0 aromatic heterocycles. The summed E-state index contributed by atoms with van der Waals surface area (Å²) in [5, 5.41) is 12.9. The van der Waals surface area contributed by atoms with Crippen LogP contribution in [0.4, 0.5) is 0 Å². The molecule has 4 rings (SSSR count). The minimum Gasteiger partial charge on any atom is -0.491 e. The first kappa shape index (κ1) is 25.3. The molecule has 0 saturated carbocycles. The summed E-state index contributed by atoms with van der Waals surface area (Å²) < 4.78 is 5.92. The number of hydrogen-bond donors (Lipinski definition) is 1. The van der Waals surface area contributed by atoms with Gasteiger partial charge in [-0.15, -0.1) is 11.8 Å². The molecule has 0 amide bonds. The molecule has 4 aromatic carbocycles. The number of aliphatic hydroxyl groups is 1. The Morgan fingerprint density at radius 2 is 1.43 bits per heavy atom. The van der Waals surface area contributed by atoms with Crippen molar-refractivity contribution in [1.82, 2.24) is 4.90 Å².